The van der Waals surface area contributed by atoms with Crippen LogP contribution in [0, 0.1) is 19.3 Å². The first kappa shape index (κ1) is 15.2. The number of nitrogens with two attached hydrogens (primary N) is 1. The molecule has 0 spiro atoms. The number of halogens is 1. The van der Waals surface area contributed by atoms with Gasteiger partial charge in [0.2, 0.25) is 0 Å². The number of hydrogen-bond donors (Lipinski definition) is 2. The molecule has 0 aliphatic rings. The van der Waals surface area contributed by atoms with Crippen LogP contribution < -0.4 is 5.73 Å². The Balaban J connectivity index is 3.01. The number of aliphatic carboxylic acids is 1. The van der Waals surface area contributed by atoms with Gasteiger partial charge in [0.25, 0.3) is 0 Å². The lowest BCUT2D eigenvalue weighted by Gasteiger charge is -2.25. The molecule has 3 nitrogen and oxygen atoms in total. The summed E-state index contributed by atoms with van der Waals surface area (Å²) in [5, 5.41) is 9.14. The second kappa shape index (κ2) is 5.41. The van der Waals surface area contributed by atoms with Crippen molar-refractivity contribution in [2.24, 2.45) is 11.1 Å². The van der Waals surface area contributed by atoms with Crippen LogP contribution in [0.2, 0.25) is 0 Å². The highest BCUT2D eigenvalue weighted by Crippen LogP contribution is 2.32. The average molecular weight is 314 g/mol. The van der Waals surface area contributed by atoms with Crippen LogP contribution in [0.5, 0.6) is 0 Å². The minimum atomic E-state index is -0.815. The van der Waals surface area contributed by atoms with Crippen molar-refractivity contribution in [2.75, 3.05) is 0 Å². The zero-order valence-electron chi connectivity index (χ0n) is 11.2. The summed E-state index contributed by atoms with van der Waals surface area (Å²) >= 11 is 3.48. The molecule has 0 aliphatic carbocycles. The fourth-order valence-electron chi connectivity index (χ4n) is 1.95. The van der Waals surface area contributed by atoms with Crippen LogP contribution >= 0.6 is 15.9 Å². The second-order valence-corrected chi connectivity index (χ2v) is 6.31. The monoisotopic (exact) mass is 313 g/mol. The van der Waals surface area contributed by atoms with Crippen molar-refractivity contribution in [2.45, 2.75) is 40.2 Å². The Kier molecular flexibility index (Phi) is 4.56. The summed E-state index contributed by atoms with van der Waals surface area (Å²) in [6.45, 7) is 7.40. The molecule has 1 unspecified atom stereocenters. The summed E-state index contributed by atoms with van der Waals surface area (Å²) in [6.07, 6.45) is 0.421. The summed E-state index contributed by atoms with van der Waals surface area (Å²) in [7, 11) is 0. The third-order valence-corrected chi connectivity index (χ3v) is 4.11. The molecule has 0 aliphatic heterocycles. The van der Waals surface area contributed by atoms with E-state index in [1.54, 1.807) is 13.8 Å². The van der Waals surface area contributed by atoms with E-state index in [9.17, 15) is 4.79 Å². The van der Waals surface area contributed by atoms with Crippen LogP contribution in [0.1, 0.15) is 43.0 Å². The molecule has 1 aromatic rings. The van der Waals surface area contributed by atoms with E-state index in [1.165, 1.54) is 0 Å². The van der Waals surface area contributed by atoms with Crippen molar-refractivity contribution < 1.29 is 9.90 Å². The van der Waals surface area contributed by atoms with Gasteiger partial charge in [-0.3, -0.25) is 4.79 Å². The Morgan fingerprint density at radius 3 is 2.44 bits per heavy atom. The molecule has 3 N–H and O–H groups in total. The van der Waals surface area contributed by atoms with Gasteiger partial charge in [-0.2, -0.15) is 0 Å². The first-order valence-electron chi connectivity index (χ1n) is 5.91. The number of carboxylic acid groups (broad SMARTS) is 1. The van der Waals surface area contributed by atoms with E-state index in [2.05, 4.69) is 15.9 Å². The second-order valence-electron chi connectivity index (χ2n) is 5.46. The quantitative estimate of drug-likeness (QED) is 0.893. The predicted octanol–water partition coefficient (Wildman–Crippen LogP) is 3.57. The van der Waals surface area contributed by atoms with Gasteiger partial charge < -0.3 is 10.8 Å². The standard InChI is InChI=1S/C14H20BrNO2/c1-8-6-11(15)9(2)5-10(8)12(16)7-14(3,4)13(17)18/h5-6,12H,7,16H2,1-4H3,(H,17,18). The van der Waals surface area contributed by atoms with E-state index in [4.69, 9.17) is 10.8 Å². The number of aryl methyl sites for hydroxylation is 2. The molecule has 1 rings (SSSR count). The maximum atomic E-state index is 11.1. The molecule has 18 heavy (non-hydrogen) atoms. The molecule has 4 heteroatoms. The first-order valence-corrected chi connectivity index (χ1v) is 6.70. The van der Waals surface area contributed by atoms with Gasteiger partial charge in [-0.1, -0.05) is 22.0 Å². The summed E-state index contributed by atoms with van der Waals surface area (Å²) < 4.78 is 1.05. The highest BCUT2D eigenvalue weighted by molar-refractivity contribution is 9.10. The van der Waals surface area contributed by atoms with Crippen LogP contribution in [0.3, 0.4) is 0 Å². The van der Waals surface area contributed by atoms with Crippen molar-refractivity contribution >= 4 is 21.9 Å². The number of benzene rings is 1. The number of carbonyl (C=O) groups is 1. The van der Waals surface area contributed by atoms with E-state index in [0.29, 0.717) is 6.42 Å². The van der Waals surface area contributed by atoms with E-state index in [0.717, 1.165) is 21.2 Å². The smallest absolute Gasteiger partial charge is 0.309 e. The highest BCUT2D eigenvalue weighted by atomic mass is 79.9. The Bertz CT molecular complexity index is 469. The zero-order valence-corrected chi connectivity index (χ0v) is 12.8. The van der Waals surface area contributed by atoms with Crippen molar-refractivity contribution in [3.8, 4) is 0 Å². The molecule has 0 radical (unpaired) electrons. The van der Waals surface area contributed by atoms with Crippen LogP contribution in [0.25, 0.3) is 0 Å². The summed E-state index contributed by atoms with van der Waals surface area (Å²) in [4.78, 5) is 11.1. The Labute approximate surface area is 117 Å². The lowest BCUT2D eigenvalue weighted by atomic mass is 9.83. The topological polar surface area (TPSA) is 63.3 Å². The van der Waals surface area contributed by atoms with Gasteiger partial charge in [-0.15, -0.1) is 0 Å². The lowest BCUT2D eigenvalue weighted by Crippen LogP contribution is -2.29. The van der Waals surface area contributed by atoms with Crippen LogP contribution in [0.15, 0.2) is 16.6 Å². The average Bonchev–Trinajstić information content (AvgIpc) is 2.22. The third kappa shape index (κ3) is 3.33. The fourth-order valence-corrected chi connectivity index (χ4v) is 2.41. The maximum absolute atomic E-state index is 11.1. The first-order chi connectivity index (χ1) is 8.15. The molecule has 0 heterocycles. The number of carboxylic acids is 1. The summed E-state index contributed by atoms with van der Waals surface area (Å²) in [6, 6.07) is 3.79. The molecule has 0 saturated heterocycles. The molecule has 0 bridgehead atoms. The van der Waals surface area contributed by atoms with Crippen molar-refractivity contribution in [1.29, 1.82) is 0 Å². The molecule has 0 amide bonds. The SMILES string of the molecule is Cc1cc(C(N)CC(C)(C)C(=O)O)c(C)cc1Br. The van der Waals surface area contributed by atoms with Gasteiger partial charge in [-0.25, -0.2) is 0 Å². The fraction of sp³-hybridized carbons (Fsp3) is 0.500. The molecule has 1 aromatic carbocycles. The van der Waals surface area contributed by atoms with Gasteiger partial charge in [0, 0.05) is 10.5 Å². The molecule has 0 fully saturated rings. The van der Waals surface area contributed by atoms with Crippen molar-refractivity contribution in [3.63, 3.8) is 0 Å². The minimum Gasteiger partial charge on any atom is -0.481 e. The molecule has 0 saturated carbocycles. The van der Waals surface area contributed by atoms with Gasteiger partial charge in [0.15, 0.2) is 0 Å². The van der Waals surface area contributed by atoms with Gasteiger partial charge in [0.05, 0.1) is 5.41 Å². The van der Waals surface area contributed by atoms with Crippen LogP contribution in [-0.2, 0) is 4.79 Å². The summed E-state index contributed by atoms with van der Waals surface area (Å²) in [5.74, 6) is -0.815. The Morgan fingerprint density at radius 2 is 1.94 bits per heavy atom. The van der Waals surface area contributed by atoms with Gasteiger partial charge in [-0.05, 0) is 56.9 Å². The largest absolute Gasteiger partial charge is 0.481 e. The molecule has 0 aromatic heterocycles. The maximum Gasteiger partial charge on any atom is 0.309 e. The normalized spacial score (nSPS) is 13.4. The van der Waals surface area contributed by atoms with Gasteiger partial charge >= 0.3 is 5.97 Å². The van der Waals surface area contributed by atoms with E-state index in [1.807, 2.05) is 26.0 Å². The zero-order chi connectivity index (χ0) is 14.1. The van der Waals surface area contributed by atoms with E-state index < -0.39 is 11.4 Å². The predicted molar refractivity (Wildman–Crippen MR) is 76.6 cm³/mol. The Morgan fingerprint density at radius 1 is 1.39 bits per heavy atom. The van der Waals surface area contributed by atoms with Crippen LogP contribution in [-0.4, -0.2) is 11.1 Å². The molecule has 1 atom stereocenters. The number of hydrogen-bond acceptors (Lipinski definition) is 2. The third-order valence-electron chi connectivity index (χ3n) is 3.26. The summed E-state index contributed by atoms with van der Waals surface area (Å²) in [5.41, 5.74) is 8.56. The van der Waals surface area contributed by atoms with Crippen molar-refractivity contribution in [1.82, 2.24) is 0 Å². The molecular weight excluding hydrogens is 294 g/mol. The molecule has 100 valence electrons. The molecular formula is C14H20BrNO2. The van der Waals surface area contributed by atoms with Gasteiger partial charge in [0.1, 0.15) is 0 Å². The highest BCUT2D eigenvalue weighted by Gasteiger charge is 2.30. The van der Waals surface area contributed by atoms with E-state index in [-0.39, 0.29) is 6.04 Å². The van der Waals surface area contributed by atoms with Crippen LogP contribution in [0.4, 0.5) is 0 Å². The lowest BCUT2D eigenvalue weighted by molar-refractivity contribution is -0.147. The van der Waals surface area contributed by atoms with E-state index >= 15 is 0 Å². The minimum absolute atomic E-state index is 0.261. The van der Waals surface area contributed by atoms with Crippen molar-refractivity contribution in [3.05, 3.63) is 33.3 Å². The Hall–Kier alpha value is -0.870. The number of rotatable bonds is 4.